The van der Waals surface area contributed by atoms with Crippen LogP contribution >= 0.6 is 0 Å². The summed E-state index contributed by atoms with van der Waals surface area (Å²) in [5, 5.41) is 4.03. The summed E-state index contributed by atoms with van der Waals surface area (Å²) in [4.78, 5) is 0. The van der Waals surface area contributed by atoms with Crippen molar-refractivity contribution in [1.29, 1.82) is 0 Å². The third kappa shape index (κ3) is 4.41. The van der Waals surface area contributed by atoms with Crippen LogP contribution in [0.25, 0.3) is 0 Å². The maximum atomic E-state index is 12.5. The van der Waals surface area contributed by atoms with Crippen LogP contribution in [0.5, 0.6) is 11.5 Å². The van der Waals surface area contributed by atoms with Crippen molar-refractivity contribution in [2.24, 2.45) is 5.10 Å². The van der Waals surface area contributed by atoms with Gasteiger partial charge >= 0.3 is 6.18 Å². The molecule has 0 aromatic heterocycles. The van der Waals surface area contributed by atoms with Crippen LogP contribution in [0.4, 0.5) is 18.9 Å². The number of hydrazone groups is 1. The number of para-hydroxylation sites is 1. The highest BCUT2D eigenvalue weighted by Crippen LogP contribution is 2.31. The van der Waals surface area contributed by atoms with Crippen LogP contribution in [-0.4, -0.2) is 19.9 Å². The second-order valence-electron chi connectivity index (χ2n) is 4.76. The molecule has 0 saturated heterocycles. The summed E-state index contributed by atoms with van der Waals surface area (Å²) in [6.07, 6.45) is -2.83. The van der Waals surface area contributed by atoms with E-state index in [9.17, 15) is 13.2 Å². The van der Waals surface area contributed by atoms with Gasteiger partial charge in [0.15, 0.2) is 11.5 Å². The van der Waals surface area contributed by atoms with Crippen molar-refractivity contribution in [1.82, 2.24) is 0 Å². The van der Waals surface area contributed by atoms with Gasteiger partial charge in [-0.1, -0.05) is 6.07 Å². The third-order valence-corrected chi connectivity index (χ3v) is 3.13. The van der Waals surface area contributed by atoms with E-state index in [1.807, 2.05) is 6.92 Å². The van der Waals surface area contributed by atoms with Crippen LogP contribution in [0.15, 0.2) is 47.6 Å². The van der Waals surface area contributed by atoms with E-state index in [0.717, 1.165) is 12.1 Å². The van der Waals surface area contributed by atoms with Gasteiger partial charge in [-0.15, -0.1) is 0 Å². The summed E-state index contributed by atoms with van der Waals surface area (Å²) in [6.45, 7) is 2.32. The Morgan fingerprint density at radius 2 is 1.83 bits per heavy atom. The number of rotatable bonds is 6. The Balaban J connectivity index is 2.12. The van der Waals surface area contributed by atoms with Crippen molar-refractivity contribution < 1.29 is 22.6 Å². The van der Waals surface area contributed by atoms with Gasteiger partial charge in [-0.3, -0.25) is 5.43 Å². The predicted molar refractivity (Wildman–Crippen MR) is 86.8 cm³/mol. The lowest BCUT2D eigenvalue weighted by atomic mass is 10.2. The van der Waals surface area contributed by atoms with Gasteiger partial charge in [0.1, 0.15) is 0 Å². The number of alkyl halides is 3. The van der Waals surface area contributed by atoms with Crippen molar-refractivity contribution in [2.45, 2.75) is 13.1 Å². The van der Waals surface area contributed by atoms with Gasteiger partial charge in [0.05, 0.1) is 31.2 Å². The summed E-state index contributed by atoms with van der Waals surface area (Å²) in [7, 11) is 1.54. The first kappa shape index (κ1) is 17.7. The van der Waals surface area contributed by atoms with E-state index in [-0.39, 0.29) is 0 Å². The molecule has 0 radical (unpaired) electrons. The molecule has 0 aliphatic heterocycles. The van der Waals surface area contributed by atoms with Crippen molar-refractivity contribution in [3.8, 4) is 11.5 Å². The fourth-order valence-electron chi connectivity index (χ4n) is 2.00. The molecule has 0 saturated carbocycles. The number of methoxy groups -OCH3 is 1. The smallest absolute Gasteiger partial charge is 0.416 e. The number of halogens is 3. The van der Waals surface area contributed by atoms with E-state index in [1.54, 1.807) is 25.3 Å². The molecule has 0 amide bonds. The van der Waals surface area contributed by atoms with E-state index >= 15 is 0 Å². The zero-order chi connectivity index (χ0) is 17.6. The largest absolute Gasteiger partial charge is 0.493 e. The first-order chi connectivity index (χ1) is 11.5. The monoisotopic (exact) mass is 338 g/mol. The second-order valence-corrected chi connectivity index (χ2v) is 4.76. The average molecular weight is 338 g/mol. The van der Waals surface area contributed by atoms with E-state index in [1.165, 1.54) is 18.3 Å². The zero-order valence-electron chi connectivity index (χ0n) is 13.2. The Morgan fingerprint density at radius 3 is 2.42 bits per heavy atom. The summed E-state index contributed by atoms with van der Waals surface area (Å²) in [5.41, 5.74) is 3.11. The first-order valence-corrected chi connectivity index (χ1v) is 7.22. The molecular formula is C17H17F3N2O2. The molecular weight excluding hydrogens is 321 g/mol. The van der Waals surface area contributed by atoms with E-state index < -0.39 is 11.7 Å². The third-order valence-electron chi connectivity index (χ3n) is 3.13. The minimum atomic E-state index is -4.35. The van der Waals surface area contributed by atoms with Crippen LogP contribution in [0.1, 0.15) is 18.1 Å². The fraction of sp³-hybridized carbons (Fsp3) is 0.235. The quantitative estimate of drug-likeness (QED) is 0.620. The molecule has 0 aliphatic rings. The van der Waals surface area contributed by atoms with Crippen LogP contribution in [0.2, 0.25) is 0 Å². The van der Waals surface area contributed by atoms with Crippen molar-refractivity contribution >= 4 is 11.9 Å². The van der Waals surface area contributed by atoms with Gasteiger partial charge in [-0.2, -0.15) is 18.3 Å². The minimum absolute atomic E-state index is 0.445. The molecule has 0 bridgehead atoms. The Bertz CT molecular complexity index is 698. The Labute approximate surface area is 137 Å². The average Bonchev–Trinajstić information content (AvgIpc) is 2.56. The molecule has 0 spiro atoms. The molecule has 24 heavy (non-hydrogen) atoms. The Morgan fingerprint density at radius 1 is 1.12 bits per heavy atom. The molecule has 0 aliphatic carbocycles. The standard InChI is InChI=1S/C17H17F3N2O2/c1-3-24-16-12(5-4-6-15(16)23-2)11-21-22-14-9-7-13(8-10-14)17(18,19)20/h4-11,22H,3H2,1-2H3. The maximum absolute atomic E-state index is 12.5. The van der Waals surface area contributed by atoms with Crippen LogP contribution in [-0.2, 0) is 6.18 Å². The summed E-state index contributed by atoms with van der Waals surface area (Å²) in [6, 6.07) is 9.98. The topological polar surface area (TPSA) is 42.8 Å². The number of benzene rings is 2. The summed E-state index contributed by atoms with van der Waals surface area (Å²) in [5.74, 6) is 1.13. The predicted octanol–water partition coefficient (Wildman–Crippen LogP) is 4.56. The van der Waals surface area contributed by atoms with Crippen LogP contribution < -0.4 is 14.9 Å². The van der Waals surface area contributed by atoms with Crippen LogP contribution in [0.3, 0.4) is 0 Å². The molecule has 0 heterocycles. The Hall–Kier alpha value is -2.70. The zero-order valence-corrected chi connectivity index (χ0v) is 13.2. The molecule has 0 unspecified atom stereocenters. The van der Waals surface area contributed by atoms with Gasteiger partial charge < -0.3 is 9.47 Å². The molecule has 128 valence electrons. The molecule has 0 fully saturated rings. The van der Waals surface area contributed by atoms with Crippen molar-refractivity contribution in [2.75, 3.05) is 19.1 Å². The number of anilines is 1. The number of hydrogen-bond donors (Lipinski definition) is 1. The minimum Gasteiger partial charge on any atom is -0.493 e. The Kier molecular flexibility index (Phi) is 5.68. The van der Waals surface area contributed by atoms with Gasteiger partial charge in [0, 0.05) is 5.56 Å². The normalized spacial score (nSPS) is 11.5. The number of hydrogen-bond acceptors (Lipinski definition) is 4. The SMILES string of the molecule is CCOc1c(C=NNc2ccc(C(F)(F)F)cc2)cccc1OC. The van der Waals surface area contributed by atoms with Gasteiger partial charge in [-0.05, 0) is 43.3 Å². The first-order valence-electron chi connectivity index (χ1n) is 7.22. The van der Waals surface area contributed by atoms with Gasteiger partial charge in [-0.25, -0.2) is 0 Å². The molecule has 2 rings (SSSR count). The molecule has 7 heteroatoms. The molecule has 2 aromatic rings. The van der Waals surface area contributed by atoms with E-state index in [4.69, 9.17) is 9.47 Å². The highest BCUT2D eigenvalue weighted by Gasteiger charge is 2.29. The van der Waals surface area contributed by atoms with Crippen LogP contribution in [0, 0.1) is 0 Å². The molecule has 2 aromatic carbocycles. The summed E-state index contributed by atoms with van der Waals surface area (Å²) < 4.78 is 48.3. The van der Waals surface area contributed by atoms with Gasteiger partial charge in [0.2, 0.25) is 0 Å². The van der Waals surface area contributed by atoms with Crippen molar-refractivity contribution in [3.05, 3.63) is 53.6 Å². The second kappa shape index (κ2) is 7.72. The highest BCUT2D eigenvalue weighted by molar-refractivity contribution is 5.85. The number of nitrogens with one attached hydrogen (secondary N) is 1. The highest BCUT2D eigenvalue weighted by atomic mass is 19.4. The summed E-state index contributed by atoms with van der Waals surface area (Å²) >= 11 is 0. The molecule has 4 nitrogen and oxygen atoms in total. The fourth-order valence-corrected chi connectivity index (χ4v) is 2.00. The van der Waals surface area contributed by atoms with Crippen molar-refractivity contribution in [3.63, 3.8) is 0 Å². The van der Waals surface area contributed by atoms with E-state index in [0.29, 0.717) is 29.4 Å². The molecule has 1 N–H and O–H groups in total. The number of nitrogens with zero attached hydrogens (tertiary/aromatic N) is 1. The molecule has 0 atom stereocenters. The number of ether oxygens (including phenoxy) is 2. The lowest BCUT2D eigenvalue weighted by molar-refractivity contribution is -0.137. The lowest BCUT2D eigenvalue weighted by Crippen LogP contribution is -2.04. The lowest BCUT2D eigenvalue weighted by Gasteiger charge is -2.11. The maximum Gasteiger partial charge on any atom is 0.416 e. The van der Waals surface area contributed by atoms with Gasteiger partial charge in [0.25, 0.3) is 0 Å². The van der Waals surface area contributed by atoms with E-state index in [2.05, 4.69) is 10.5 Å².